The highest BCUT2D eigenvalue weighted by atomic mass is 15.3. The molecule has 0 fully saturated rings. The Bertz CT molecular complexity index is 1080. The van der Waals surface area contributed by atoms with Gasteiger partial charge >= 0.3 is 0 Å². The first-order chi connectivity index (χ1) is 12.3. The van der Waals surface area contributed by atoms with Gasteiger partial charge in [0.2, 0.25) is 0 Å². The quantitative estimate of drug-likeness (QED) is 0.609. The van der Waals surface area contributed by atoms with Crippen LogP contribution in [0.3, 0.4) is 0 Å². The van der Waals surface area contributed by atoms with Gasteiger partial charge in [-0.1, -0.05) is 48.5 Å². The standard InChI is InChI=1S/C21H18N4/c22-20-16-8-4-5-9-17(16)23-18-11-10-15-13-25(24-21(15)19(18)20)12-14-6-2-1-3-7-14/h1-9,13H,10-12H2,(H2,22,23). The maximum Gasteiger partial charge on any atom is 0.0994 e. The van der Waals surface area contributed by atoms with Crippen molar-refractivity contribution < 1.29 is 0 Å². The monoisotopic (exact) mass is 326 g/mol. The van der Waals surface area contributed by atoms with Gasteiger partial charge in [-0.3, -0.25) is 9.67 Å². The number of hydrogen-bond donors (Lipinski definition) is 1. The first kappa shape index (κ1) is 14.2. The van der Waals surface area contributed by atoms with Crippen molar-refractivity contribution in [3.8, 4) is 11.3 Å². The van der Waals surface area contributed by atoms with Gasteiger partial charge in [0.25, 0.3) is 0 Å². The summed E-state index contributed by atoms with van der Waals surface area (Å²) in [6, 6.07) is 18.5. The number of nitrogens with zero attached hydrogens (tertiary/aromatic N) is 3. The molecular weight excluding hydrogens is 308 g/mol. The minimum atomic E-state index is 0.768. The van der Waals surface area contributed by atoms with Gasteiger partial charge in [0.15, 0.2) is 0 Å². The number of benzene rings is 2. The van der Waals surface area contributed by atoms with Crippen LogP contribution in [-0.2, 0) is 19.4 Å². The van der Waals surface area contributed by atoms with Crippen molar-refractivity contribution in [2.24, 2.45) is 0 Å². The predicted octanol–water partition coefficient (Wildman–Crippen LogP) is 3.83. The Morgan fingerprint density at radius 1 is 0.960 bits per heavy atom. The van der Waals surface area contributed by atoms with Gasteiger partial charge in [0, 0.05) is 17.1 Å². The zero-order chi connectivity index (χ0) is 16.8. The van der Waals surface area contributed by atoms with Crippen LogP contribution in [0.1, 0.15) is 16.8 Å². The van der Waals surface area contributed by atoms with E-state index in [-0.39, 0.29) is 0 Å². The second-order valence-electron chi connectivity index (χ2n) is 6.55. The SMILES string of the molecule is Nc1c2c(nc3ccccc13)CCc1cn(Cc3ccccc3)nc1-2. The Morgan fingerprint density at radius 3 is 2.64 bits per heavy atom. The lowest BCUT2D eigenvalue weighted by Gasteiger charge is -2.17. The van der Waals surface area contributed by atoms with E-state index in [0.717, 1.165) is 52.9 Å². The van der Waals surface area contributed by atoms with Gasteiger partial charge in [-0.15, -0.1) is 0 Å². The molecule has 2 N–H and O–H groups in total. The number of aromatic nitrogens is 3. The normalized spacial score (nSPS) is 12.8. The summed E-state index contributed by atoms with van der Waals surface area (Å²) in [5.41, 5.74) is 13.9. The van der Waals surface area contributed by atoms with Gasteiger partial charge in [-0.2, -0.15) is 5.10 Å². The second kappa shape index (κ2) is 5.45. The highest BCUT2D eigenvalue weighted by Crippen LogP contribution is 2.39. The molecule has 0 amide bonds. The molecule has 1 aliphatic rings. The molecule has 2 heterocycles. The molecule has 2 aromatic carbocycles. The topological polar surface area (TPSA) is 56.7 Å². The highest BCUT2D eigenvalue weighted by Gasteiger charge is 2.24. The first-order valence-electron chi connectivity index (χ1n) is 8.57. The van der Waals surface area contributed by atoms with Crippen molar-refractivity contribution in [3.05, 3.63) is 77.6 Å². The molecule has 0 unspecified atom stereocenters. The number of nitrogen functional groups attached to an aromatic ring is 1. The van der Waals surface area contributed by atoms with E-state index in [1.54, 1.807) is 0 Å². The molecule has 2 aromatic heterocycles. The number of pyridine rings is 1. The maximum atomic E-state index is 6.53. The van der Waals surface area contributed by atoms with Crippen LogP contribution in [0, 0.1) is 0 Å². The van der Waals surface area contributed by atoms with Crippen LogP contribution in [0.25, 0.3) is 22.2 Å². The molecule has 0 saturated heterocycles. The van der Waals surface area contributed by atoms with Crippen LogP contribution in [0.4, 0.5) is 5.69 Å². The van der Waals surface area contributed by atoms with E-state index in [1.165, 1.54) is 11.1 Å². The molecule has 25 heavy (non-hydrogen) atoms. The van der Waals surface area contributed by atoms with Crippen LogP contribution in [0.2, 0.25) is 0 Å². The van der Waals surface area contributed by atoms with E-state index in [2.05, 4.69) is 30.5 Å². The number of aryl methyl sites for hydroxylation is 2. The van der Waals surface area contributed by atoms with Gasteiger partial charge in [0.1, 0.15) is 0 Å². The number of rotatable bonds is 2. The maximum absolute atomic E-state index is 6.53. The van der Waals surface area contributed by atoms with Crippen molar-refractivity contribution in [1.29, 1.82) is 0 Å². The summed E-state index contributed by atoms with van der Waals surface area (Å²) in [4.78, 5) is 4.84. The highest BCUT2D eigenvalue weighted by molar-refractivity contribution is 5.99. The van der Waals surface area contributed by atoms with Gasteiger partial charge < -0.3 is 5.73 Å². The molecule has 0 saturated carbocycles. The Balaban J connectivity index is 1.64. The molecule has 0 atom stereocenters. The molecule has 1 aliphatic carbocycles. The van der Waals surface area contributed by atoms with E-state index in [4.69, 9.17) is 15.8 Å². The molecule has 4 nitrogen and oxygen atoms in total. The molecule has 4 heteroatoms. The molecule has 5 rings (SSSR count). The minimum absolute atomic E-state index is 0.768. The molecule has 4 aromatic rings. The van der Waals surface area contributed by atoms with Gasteiger partial charge in [-0.05, 0) is 30.0 Å². The van der Waals surface area contributed by atoms with Gasteiger partial charge in [0.05, 0.1) is 29.1 Å². The fourth-order valence-electron chi connectivity index (χ4n) is 3.70. The van der Waals surface area contributed by atoms with Crippen LogP contribution in [0.15, 0.2) is 60.8 Å². The number of nitrogens with two attached hydrogens (primary N) is 1. The Kier molecular flexibility index (Phi) is 3.10. The summed E-state index contributed by atoms with van der Waals surface area (Å²) in [5, 5.41) is 5.86. The molecule has 0 bridgehead atoms. The van der Waals surface area contributed by atoms with E-state index in [0.29, 0.717) is 0 Å². The molecule has 0 aliphatic heterocycles. The van der Waals surface area contributed by atoms with Gasteiger partial charge in [-0.25, -0.2) is 0 Å². The summed E-state index contributed by atoms with van der Waals surface area (Å²) in [6.07, 6.45) is 4.02. The smallest absolute Gasteiger partial charge is 0.0994 e. The van der Waals surface area contributed by atoms with Crippen molar-refractivity contribution in [1.82, 2.24) is 14.8 Å². The van der Waals surface area contributed by atoms with Crippen LogP contribution in [0.5, 0.6) is 0 Å². The minimum Gasteiger partial charge on any atom is -0.398 e. The lowest BCUT2D eigenvalue weighted by molar-refractivity contribution is 0.689. The molecule has 0 radical (unpaired) electrons. The fraction of sp³-hybridized carbons (Fsp3) is 0.143. The zero-order valence-corrected chi connectivity index (χ0v) is 13.8. The lowest BCUT2D eigenvalue weighted by Crippen LogP contribution is -2.08. The average molecular weight is 326 g/mol. The van der Waals surface area contributed by atoms with Crippen LogP contribution in [-0.4, -0.2) is 14.8 Å². The van der Waals surface area contributed by atoms with Crippen molar-refractivity contribution in [3.63, 3.8) is 0 Å². The van der Waals surface area contributed by atoms with E-state index in [9.17, 15) is 0 Å². The number of fused-ring (bicyclic) bond motifs is 4. The number of anilines is 1. The summed E-state index contributed by atoms with van der Waals surface area (Å²) in [7, 11) is 0. The largest absolute Gasteiger partial charge is 0.398 e. The van der Waals surface area contributed by atoms with E-state index in [1.807, 2.05) is 35.0 Å². The van der Waals surface area contributed by atoms with Crippen molar-refractivity contribution in [2.45, 2.75) is 19.4 Å². The summed E-state index contributed by atoms with van der Waals surface area (Å²) in [5.74, 6) is 0. The van der Waals surface area contributed by atoms with E-state index >= 15 is 0 Å². The molecular formula is C21H18N4. The second-order valence-corrected chi connectivity index (χ2v) is 6.55. The lowest BCUT2D eigenvalue weighted by atomic mass is 9.91. The Labute approximate surface area is 145 Å². The van der Waals surface area contributed by atoms with Crippen LogP contribution >= 0.6 is 0 Å². The Morgan fingerprint density at radius 2 is 1.76 bits per heavy atom. The Hall–Kier alpha value is -3.14. The summed E-state index contributed by atoms with van der Waals surface area (Å²) in [6.45, 7) is 0.768. The number of hydrogen-bond acceptors (Lipinski definition) is 3. The molecule has 0 spiro atoms. The first-order valence-corrected chi connectivity index (χ1v) is 8.57. The molecule has 122 valence electrons. The third-order valence-electron chi connectivity index (χ3n) is 4.90. The zero-order valence-electron chi connectivity index (χ0n) is 13.8. The predicted molar refractivity (Wildman–Crippen MR) is 100 cm³/mol. The van der Waals surface area contributed by atoms with Crippen molar-refractivity contribution >= 4 is 16.6 Å². The fourth-order valence-corrected chi connectivity index (χ4v) is 3.70. The third kappa shape index (κ3) is 2.30. The number of para-hydroxylation sites is 1. The summed E-state index contributed by atoms with van der Waals surface area (Å²) < 4.78 is 2.02. The third-order valence-corrected chi connectivity index (χ3v) is 4.90. The van der Waals surface area contributed by atoms with E-state index < -0.39 is 0 Å². The average Bonchev–Trinajstić information content (AvgIpc) is 3.05. The van der Waals surface area contributed by atoms with Crippen molar-refractivity contribution in [2.75, 3.05) is 5.73 Å². The van der Waals surface area contributed by atoms with Crippen LogP contribution < -0.4 is 5.73 Å². The summed E-state index contributed by atoms with van der Waals surface area (Å²) >= 11 is 0.